The molecule has 1 N–H and O–H groups in total. The van der Waals surface area contributed by atoms with E-state index in [1.807, 2.05) is 0 Å². The lowest BCUT2D eigenvalue weighted by Gasteiger charge is -2.45. The quantitative estimate of drug-likeness (QED) is 0.328. The number of aromatic nitrogens is 1. The van der Waals surface area contributed by atoms with Gasteiger partial charge in [0.25, 0.3) is 0 Å². The third-order valence-corrected chi connectivity index (χ3v) is 14.7. The van der Waals surface area contributed by atoms with Gasteiger partial charge in [0.2, 0.25) is 0 Å². The first kappa shape index (κ1) is 31.6. The van der Waals surface area contributed by atoms with Crippen LogP contribution in [0.4, 0.5) is 0 Å². The van der Waals surface area contributed by atoms with Crippen LogP contribution in [0.5, 0.6) is 0 Å². The van der Waals surface area contributed by atoms with E-state index in [9.17, 15) is 5.11 Å². The maximum Gasteiger partial charge on any atom is 0.192 e. The molecule has 6 heteroatoms. The number of hydrogen-bond acceptors (Lipinski definition) is 5. The van der Waals surface area contributed by atoms with Crippen molar-refractivity contribution in [1.29, 1.82) is 0 Å². The SMILES string of the molecule is CC(C)c1nc2c(c(C3=CCOCC3)c1C(O)c1ccc(C3(C)COC3)cc1)C(O[Si](C)(C)C(C)(C)C)CC(C)(C)C2. The van der Waals surface area contributed by atoms with Crippen molar-refractivity contribution in [3.05, 3.63) is 69.5 Å². The Kier molecular flexibility index (Phi) is 8.47. The second kappa shape index (κ2) is 11.3. The van der Waals surface area contributed by atoms with Crippen LogP contribution in [0.25, 0.3) is 5.57 Å². The molecule has 42 heavy (non-hydrogen) atoms. The fraction of sp³-hybridized carbons (Fsp3) is 0.639. The summed E-state index contributed by atoms with van der Waals surface area (Å²) < 4.78 is 18.6. The molecule has 1 aromatic carbocycles. The van der Waals surface area contributed by atoms with Crippen molar-refractivity contribution in [2.75, 3.05) is 26.4 Å². The summed E-state index contributed by atoms with van der Waals surface area (Å²) in [6, 6.07) is 8.53. The van der Waals surface area contributed by atoms with Gasteiger partial charge in [-0.2, -0.15) is 0 Å². The van der Waals surface area contributed by atoms with Crippen molar-refractivity contribution >= 4 is 13.9 Å². The largest absolute Gasteiger partial charge is 0.410 e. The Balaban J connectivity index is 1.72. The maximum atomic E-state index is 12.3. The second-order valence-electron chi connectivity index (χ2n) is 15.8. The molecular formula is C36H53NO4Si. The highest BCUT2D eigenvalue weighted by atomic mass is 28.4. The molecule has 0 saturated carbocycles. The summed E-state index contributed by atoms with van der Waals surface area (Å²) in [4.78, 5) is 5.43. The van der Waals surface area contributed by atoms with Gasteiger partial charge in [-0.25, -0.2) is 0 Å². The van der Waals surface area contributed by atoms with Crippen LogP contribution in [0.15, 0.2) is 30.3 Å². The van der Waals surface area contributed by atoms with E-state index in [-0.39, 0.29) is 27.9 Å². The summed E-state index contributed by atoms with van der Waals surface area (Å²) in [5.74, 6) is 0.161. The van der Waals surface area contributed by atoms with Crippen LogP contribution >= 0.6 is 0 Å². The Morgan fingerprint density at radius 3 is 2.24 bits per heavy atom. The maximum absolute atomic E-state index is 12.3. The molecule has 1 aliphatic carbocycles. The van der Waals surface area contributed by atoms with Crippen LogP contribution in [0.3, 0.4) is 0 Å². The average molecular weight is 592 g/mol. The van der Waals surface area contributed by atoms with E-state index >= 15 is 0 Å². The lowest BCUT2D eigenvalue weighted by Crippen LogP contribution is -2.44. The Morgan fingerprint density at radius 1 is 1.05 bits per heavy atom. The van der Waals surface area contributed by atoms with Crippen molar-refractivity contribution < 1.29 is 19.0 Å². The predicted octanol–water partition coefficient (Wildman–Crippen LogP) is 8.41. The van der Waals surface area contributed by atoms with E-state index in [0.29, 0.717) is 13.2 Å². The Morgan fingerprint density at radius 2 is 1.71 bits per heavy atom. The van der Waals surface area contributed by atoms with E-state index in [4.69, 9.17) is 18.9 Å². The molecule has 3 heterocycles. The fourth-order valence-electron chi connectivity index (χ4n) is 6.55. The number of hydrogen-bond donors (Lipinski definition) is 1. The first-order chi connectivity index (χ1) is 19.5. The van der Waals surface area contributed by atoms with Crippen molar-refractivity contribution in [1.82, 2.24) is 4.98 Å². The molecule has 0 radical (unpaired) electrons. The molecule has 0 amide bonds. The van der Waals surface area contributed by atoms with E-state index in [1.54, 1.807) is 0 Å². The minimum Gasteiger partial charge on any atom is -0.410 e. The molecule has 5 rings (SSSR count). The smallest absolute Gasteiger partial charge is 0.192 e. The van der Waals surface area contributed by atoms with Crippen molar-refractivity contribution in [3.8, 4) is 0 Å². The van der Waals surface area contributed by atoms with Crippen LogP contribution in [-0.4, -0.2) is 44.8 Å². The molecule has 1 saturated heterocycles. The van der Waals surface area contributed by atoms with E-state index in [0.717, 1.165) is 55.0 Å². The second-order valence-corrected chi connectivity index (χ2v) is 20.6. The van der Waals surface area contributed by atoms with Gasteiger partial charge in [-0.3, -0.25) is 4.98 Å². The van der Waals surface area contributed by atoms with Crippen LogP contribution < -0.4 is 0 Å². The molecule has 2 aromatic rings. The number of aliphatic hydroxyl groups is 1. The van der Waals surface area contributed by atoms with Crippen LogP contribution in [0, 0.1) is 5.41 Å². The zero-order chi connectivity index (χ0) is 30.7. The molecule has 2 unspecified atom stereocenters. The summed E-state index contributed by atoms with van der Waals surface area (Å²) in [7, 11) is -2.11. The molecule has 2 atom stereocenters. The van der Waals surface area contributed by atoms with Gasteiger partial charge in [0, 0.05) is 27.9 Å². The van der Waals surface area contributed by atoms with Gasteiger partial charge in [0.1, 0.15) is 6.10 Å². The van der Waals surface area contributed by atoms with Gasteiger partial charge in [-0.05, 0) is 71.0 Å². The number of nitrogens with zero attached hydrogens (tertiary/aromatic N) is 1. The zero-order valence-electron chi connectivity index (χ0n) is 27.7. The number of rotatable bonds is 7. The average Bonchev–Trinajstić information content (AvgIpc) is 2.89. The van der Waals surface area contributed by atoms with Crippen LogP contribution in [0.1, 0.15) is 126 Å². The molecule has 230 valence electrons. The number of ether oxygens (including phenoxy) is 2. The molecule has 2 aliphatic heterocycles. The molecule has 5 nitrogen and oxygen atoms in total. The third kappa shape index (κ3) is 5.95. The normalized spacial score (nSPS) is 22.8. The summed E-state index contributed by atoms with van der Waals surface area (Å²) >= 11 is 0. The number of fused-ring (bicyclic) bond motifs is 1. The van der Waals surface area contributed by atoms with Gasteiger partial charge in [0.15, 0.2) is 8.32 Å². The van der Waals surface area contributed by atoms with E-state index in [2.05, 4.69) is 98.8 Å². The molecule has 1 aromatic heterocycles. The third-order valence-electron chi connectivity index (χ3n) is 10.2. The predicted molar refractivity (Wildman–Crippen MR) is 174 cm³/mol. The minimum atomic E-state index is -2.11. The Hall–Kier alpha value is -1.83. The number of pyridine rings is 1. The number of benzene rings is 1. The molecule has 0 spiro atoms. The van der Waals surface area contributed by atoms with Crippen LogP contribution in [0.2, 0.25) is 18.1 Å². The first-order valence-corrected chi connectivity index (χ1v) is 18.8. The summed E-state index contributed by atoms with van der Waals surface area (Å²) in [5.41, 5.74) is 9.01. The number of aliphatic hydroxyl groups excluding tert-OH is 1. The van der Waals surface area contributed by atoms with Gasteiger partial charge in [-0.1, -0.05) is 85.7 Å². The summed E-state index contributed by atoms with van der Waals surface area (Å²) in [5, 5.41) is 12.4. The zero-order valence-corrected chi connectivity index (χ0v) is 28.7. The lowest BCUT2D eigenvalue weighted by atomic mass is 9.71. The van der Waals surface area contributed by atoms with Crippen molar-refractivity contribution in [2.45, 2.75) is 116 Å². The highest BCUT2D eigenvalue weighted by molar-refractivity contribution is 6.74. The van der Waals surface area contributed by atoms with Crippen molar-refractivity contribution in [2.24, 2.45) is 5.41 Å². The molecular weight excluding hydrogens is 538 g/mol. The Bertz CT molecular complexity index is 1330. The standard InChI is InChI=1S/C36H53NO4Si/c1-23(2)32-31(33(38)25-11-13-26(14-12-25)36(8)21-40-22-36)29(24-15-17-39-18-16-24)30-27(37-32)19-35(6,7)20-28(30)41-42(9,10)34(3,4)5/h11-15,23,28,33,38H,16-22H2,1-10H3. The van der Waals surface area contributed by atoms with E-state index < -0.39 is 14.4 Å². The molecule has 1 fully saturated rings. The fourth-order valence-corrected chi connectivity index (χ4v) is 7.82. The lowest BCUT2D eigenvalue weighted by molar-refractivity contribution is -0.0500. The summed E-state index contributed by atoms with van der Waals surface area (Å²) in [6.07, 6.45) is 4.04. The van der Waals surface area contributed by atoms with Gasteiger partial charge in [0.05, 0.1) is 32.5 Å². The van der Waals surface area contributed by atoms with Gasteiger partial charge < -0.3 is 19.0 Å². The highest BCUT2D eigenvalue weighted by Gasteiger charge is 2.45. The minimum absolute atomic E-state index is 0.0547. The topological polar surface area (TPSA) is 60.8 Å². The van der Waals surface area contributed by atoms with E-state index in [1.165, 1.54) is 22.3 Å². The highest BCUT2D eigenvalue weighted by Crippen LogP contribution is 2.51. The first-order valence-electron chi connectivity index (χ1n) is 15.9. The monoisotopic (exact) mass is 591 g/mol. The van der Waals surface area contributed by atoms with Gasteiger partial charge in [-0.15, -0.1) is 0 Å². The summed E-state index contributed by atoms with van der Waals surface area (Å²) in [6.45, 7) is 25.7. The van der Waals surface area contributed by atoms with Crippen LogP contribution in [-0.2, 0) is 25.7 Å². The molecule has 3 aliphatic rings. The molecule has 0 bridgehead atoms. The van der Waals surface area contributed by atoms with Crippen molar-refractivity contribution in [3.63, 3.8) is 0 Å². The Labute approximate surface area is 255 Å². The van der Waals surface area contributed by atoms with Gasteiger partial charge >= 0.3 is 0 Å².